The molecule has 3 atom stereocenters. The Bertz CT molecular complexity index is 3100. The highest BCUT2D eigenvalue weighted by Crippen LogP contribution is 2.58. The first-order valence-corrected chi connectivity index (χ1v) is 22.0. The van der Waals surface area contributed by atoms with Crippen LogP contribution in [-0.4, -0.2) is 11.6 Å². The average Bonchev–Trinajstić information content (AvgIpc) is 3.74. The number of nitrogens with zero attached hydrogens (tertiary/aromatic N) is 2. The highest BCUT2D eigenvalue weighted by atomic mass is 16.5. The topological polar surface area (TPSA) is 46.0 Å². The summed E-state index contributed by atoms with van der Waals surface area (Å²) in [5, 5.41) is 3.76. The molecular formula is C60H45N3O. The number of nitrogens with one attached hydrogen (secondary N) is 1. The van der Waals surface area contributed by atoms with Crippen molar-refractivity contribution < 1.29 is 4.74 Å². The lowest BCUT2D eigenvalue weighted by Crippen LogP contribution is -2.35. The van der Waals surface area contributed by atoms with Crippen molar-refractivity contribution in [2.45, 2.75) is 18.0 Å². The fraction of sp³-hybridized carbons (Fsp3) is 0.0667. The van der Waals surface area contributed by atoms with Crippen LogP contribution in [0, 0.1) is 5.92 Å². The minimum atomic E-state index is -0.491. The van der Waals surface area contributed by atoms with Gasteiger partial charge in [0.15, 0.2) is 0 Å². The molecule has 64 heavy (non-hydrogen) atoms. The summed E-state index contributed by atoms with van der Waals surface area (Å²) in [5.41, 5.74) is 16.8. The summed E-state index contributed by atoms with van der Waals surface area (Å²) in [7, 11) is 0. The molecule has 8 aromatic rings. The van der Waals surface area contributed by atoms with E-state index >= 15 is 0 Å². The largest absolute Gasteiger partial charge is 0.446 e. The number of rotatable bonds is 8. The summed E-state index contributed by atoms with van der Waals surface area (Å²) >= 11 is 0. The van der Waals surface area contributed by atoms with Gasteiger partial charge in [0.25, 0.3) is 0 Å². The van der Waals surface area contributed by atoms with Gasteiger partial charge in [-0.25, -0.2) is 4.99 Å². The minimum absolute atomic E-state index is 0.0286. The fourth-order valence-electron chi connectivity index (χ4n) is 9.76. The van der Waals surface area contributed by atoms with Crippen molar-refractivity contribution in [3.8, 4) is 33.4 Å². The summed E-state index contributed by atoms with van der Waals surface area (Å²) in [6.07, 6.45) is 10.9. The van der Waals surface area contributed by atoms with Gasteiger partial charge in [-0.3, -0.25) is 4.99 Å². The van der Waals surface area contributed by atoms with Gasteiger partial charge in [0.2, 0.25) is 5.90 Å². The molecule has 0 saturated heterocycles. The van der Waals surface area contributed by atoms with Crippen molar-refractivity contribution in [1.29, 1.82) is 0 Å². The molecule has 0 radical (unpaired) electrons. The summed E-state index contributed by atoms with van der Waals surface area (Å²) in [4.78, 5) is 10.1. The number of benzene rings is 8. The van der Waals surface area contributed by atoms with E-state index in [-0.39, 0.29) is 12.1 Å². The van der Waals surface area contributed by atoms with Crippen molar-refractivity contribution >= 4 is 17.3 Å². The molecule has 3 aliphatic rings. The lowest BCUT2D eigenvalue weighted by molar-refractivity contribution is 0.446. The van der Waals surface area contributed by atoms with E-state index in [1.54, 1.807) is 6.26 Å². The molecule has 4 heteroatoms. The van der Waals surface area contributed by atoms with E-state index in [9.17, 15) is 0 Å². The first-order chi connectivity index (χ1) is 31.7. The number of ether oxygens (including phenoxy) is 1. The standard InChI is InChI=1S/C60H45N3O/c1-5-16-42(17-6-1)43-27-31-45(32-28-43)56-41-57(63-58(62-56)47-18-7-2-8-19-47)46-33-29-44(30-34-46)49-35-36-53-52-25-13-14-26-54(52)60(55(53)40-49,50-22-11-4-12-23-50)51-24-15-39-64-59(61-38-37-51)48-20-9-3-10-21-48/h1-23,25-41,51,58,63H,24H2/b38-37+,39-15+,61-59-. The summed E-state index contributed by atoms with van der Waals surface area (Å²) in [6.45, 7) is 0. The van der Waals surface area contributed by atoms with Crippen LogP contribution in [0.3, 0.4) is 0 Å². The highest BCUT2D eigenvalue weighted by molar-refractivity contribution is 6.13. The van der Waals surface area contributed by atoms with E-state index in [2.05, 4.69) is 199 Å². The Labute approximate surface area is 375 Å². The monoisotopic (exact) mass is 823 g/mol. The third-order valence-electron chi connectivity index (χ3n) is 12.8. The van der Waals surface area contributed by atoms with Crippen LogP contribution in [0.5, 0.6) is 0 Å². The number of fused-ring (bicyclic) bond motifs is 3. The summed E-state index contributed by atoms with van der Waals surface area (Å²) in [5.74, 6) is 0.608. The van der Waals surface area contributed by atoms with Crippen LogP contribution in [-0.2, 0) is 10.2 Å². The normalized spacial score (nSPS) is 20.5. The number of allylic oxidation sites excluding steroid dienone is 3. The Morgan fingerprint density at radius 3 is 1.80 bits per heavy atom. The summed E-state index contributed by atoms with van der Waals surface area (Å²) in [6, 6.07) is 75.7. The van der Waals surface area contributed by atoms with E-state index in [0.717, 1.165) is 45.6 Å². The Hall–Kier alpha value is -8.08. The Morgan fingerprint density at radius 1 is 0.500 bits per heavy atom. The quantitative estimate of drug-likeness (QED) is 0.166. The molecule has 0 bridgehead atoms. The van der Waals surface area contributed by atoms with E-state index in [1.165, 1.54) is 44.5 Å². The van der Waals surface area contributed by atoms with Gasteiger partial charge in [-0.05, 0) is 104 Å². The highest BCUT2D eigenvalue weighted by Gasteiger charge is 2.49. The maximum Gasteiger partial charge on any atom is 0.225 e. The van der Waals surface area contributed by atoms with Crippen molar-refractivity contribution in [2.24, 2.45) is 15.9 Å². The van der Waals surface area contributed by atoms with Gasteiger partial charge in [-0.2, -0.15) is 0 Å². The molecule has 1 N–H and O–H groups in total. The van der Waals surface area contributed by atoms with E-state index in [4.69, 9.17) is 14.7 Å². The molecule has 2 aliphatic heterocycles. The van der Waals surface area contributed by atoms with Crippen LogP contribution in [0.4, 0.5) is 0 Å². The molecule has 11 rings (SSSR count). The second kappa shape index (κ2) is 17.0. The Morgan fingerprint density at radius 2 is 1.06 bits per heavy atom. The van der Waals surface area contributed by atoms with Crippen molar-refractivity contribution in [2.75, 3.05) is 0 Å². The number of hydrogen-bond acceptors (Lipinski definition) is 4. The minimum Gasteiger partial charge on any atom is -0.446 e. The van der Waals surface area contributed by atoms with Gasteiger partial charge in [-0.1, -0.05) is 200 Å². The van der Waals surface area contributed by atoms with Gasteiger partial charge < -0.3 is 10.1 Å². The van der Waals surface area contributed by atoms with E-state index < -0.39 is 5.41 Å². The molecule has 0 fully saturated rings. The second-order valence-corrected chi connectivity index (χ2v) is 16.5. The average molecular weight is 824 g/mol. The smallest absolute Gasteiger partial charge is 0.225 e. The predicted octanol–water partition coefficient (Wildman–Crippen LogP) is 14.0. The van der Waals surface area contributed by atoms with E-state index in [1.807, 2.05) is 42.6 Å². The molecule has 0 amide bonds. The van der Waals surface area contributed by atoms with Gasteiger partial charge in [-0.15, -0.1) is 0 Å². The van der Waals surface area contributed by atoms with Gasteiger partial charge in [0.1, 0.15) is 6.17 Å². The molecule has 0 spiro atoms. The fourth-order valence-corrected chi connectivity index (χ4v) is 9.76. The van der Waals surface area contributed by atoms with Crippen LogP contribution < -0.4 is 5.32 Å². The van der Waals surface area contributed by atoms with Gasteiger partial charge in [0.05, 0.1) is 17.4 Å². The molecular weight excluding hydrogens is 779 g/mol. The predicted molar refractivity (Wildman–Crippen MR) is 263 cm³/mol. The third-order valence-corrected chi connectivity index (χ3v) is 12.8. The molecule has 4 nitrogen and oxygen atoms in total. The lowest BCUT2D eigenvalue weighted by atomic mass is 9.63. The molecule has 0 saturated carbocycles. The SMILES string of the molecule is C1=C(c2ccc(-c3ccc4c(c3)C(c3ccccc3)(C3/C=C/N=C(/c5ccccc5)O/C=C/C3)c3ccccc3-4)cc2)NC(c2ccccc2)N=C1c1ccc(-c2ccccc2)cc1. The molecule has 8 aromatic carbocycles. The van der Waals surface area contributed by atoms with E-state index in [0.29, 0.717) is 5.90 Å². The van der Waals surface area contributed by atoms with Crippen LogP contribution >= 0.6 is 0 Å². The first kappa shape index (κ1) is 38.8. The van der Waals surface area contributed by atoms with Crippen molar-refractivity contribution in [3.63, 3.8) is 0 Å². The zero-order valence-corrected chi connectivity index (χ0v) is 35.3. The van der Waals surface area contributed by atoms with Crippen LogP contribution in [0.15, 0.2) is 253 Å². The third kappa shape index (κ3) is 7.19. The maximum atomic E-state index is 6.15. The molecule has 2 heterocycles. The maximum absolute atomic E-state index is 6.15. The van der Waals surface area contributed by atoms with Crippen LogP contribution in [0.1, 0.15) is 51.5 Å². The zero-order valence-electron chi connectivity index (χ0n) is 35.3. The van der Waals surface area contributed by atoms with Gasteiger partial charge in [0, 0.05) is 23.4 Å². The van der Waals surface area contributed by atoms with Crippen molar-refractivity contribution in [3.05, 3.63) is 282 Å². The molecule has 3 unspecified atom stereocenters. The number of aliphatic imine (C=N–C) groups is 2. The second-order valence-electron chi connectivity index (χ2n) is 16.5. The van der Waals surface area contributed by atoms with Crippen LogP contribution in [0.2, 0.25) is 0 Å². The number of hydrogen-bond donors (Lipinski definition) is 1. The molecule has 0 aromatic heterocycles. The van der Waals surface area contributed by atoms with Gasteiger partial charge >= 0.3 is 0 Å². The van der Waals surface area contributed by atoms with Crippen LogP contribution in [0.25, 0.3) is 39.1 Å². The van der Waals surface area contributed by atoms with Crippen molar-refractivity contribution in [1.82, 2.24) is 5.32 Å². The zero-order chi connectivity index (χ0) is 42.7. The molecule has 1 aliphatic carbocycles. The Kier molecular flexibility index (Phi) is 10.3. The summed E-state index contributed by atoms with van der Waals surface area (Å²) < 4.78 is 6.15. The Balaban J connectivity index is 0.972. The first-order valence-electron chi connectivity index (χ1n) is 22.0. The lowest BCUT2D eigenvalue weighted by Gasteiger charge is -2.39. The molecule has 306 valence electrons.